The van der Waals surface area contributed by atoms with Crippen molar-refractivity contribution >= 4 is 17.4 Å². The Bertz CT molecular complexity index is 458. The Morgan fingerprint density at radius 3 is 3.00 bits per heavy atom. The van der Waals surface area contributed by atoms with Gasteiger partial charge in [-0.1, -0.05) is 0 Å². The second-order valence-electron chi connectivity index (χ2n) is 5.02. The van der Waals surface area contributed by atoms with Gasteiger partial charge in [0.05, 0.1) is 25.1 Å². The molecule has 6 heteroatoms. The number of nitrogens with two attached hydrogens (primary N) is 1. The number of aromatic nitrogens is 1. The van der Waals surface area contributed by atoms with Gasteiger partial charge in [0.2, 0.25) is 5.91 Å². The Balaban J connectivity index is 1.75. The highest BCUT2D eigenvalue weighted by Crippen LogP contribution is 2.22. The molecule has 1 atom stereocenters. The van der Waals surface area contributed by atoms with Crippen LogP contribution < -0.4 is 16.0 Å². The van der Waals surface area contributed by atoms with E-state index in [4.69, 9.17) is 10.5 Å². The summed E-state index contributed by atoms with van der Waals surface area (Å²) in [4.78, 5) is 18.5. The number of nitrogen functional groups attached to an aromatic ring is 1. The van der Waals surface area contributed by atoms with Gasteiger partial charge in [0.1, 0.15) is 11.9 Å². The summed E-state index contributed by atoms with van der Waals surface area (Å²) in [5, 5.41) is 3.02. The molecule has 19 heavy (non-hydrogen) atoms. The molecule has 1 amide bonds. The highest BCUT2D eigenvalue weighted by atomic mass is 16.5. The summed E-state index contributed by atoms with van der Waals surface area (Å²) in [6.07, 6.45) is 3.78. The van der Waals surface area contributed by atoms with Crippen LogP contribution in [0.1, 0.15) is 12.8 Å². The second kappa shape index (κ2) is 5.05. The zero-order valence-corrected chi connectivity index (χ0v) is 10.7. The quantitative estimate of drug-likeness (QED) is 0.810. The Hall–Kier alpha value is -1.82. The van der Waals surface area contributed by atoms with E-state index >= 15 is 0 Å². The molecular formula is C13H18N4O2. The number of amides is 1. The summed E-state index contributed by atoms with van der Waals surface area (Å²) in [7, 11) is 0. The standard InChI is InChI=1S/C13H18N4O2/c14-9-1-4-12(15-7-9)17-5-6-19-8-11(17)13(18)16-10-2-3-10/h1,4,7,10-11H,2-3,5-6,8,14H2,(H,16,18). The van der Waals surface area contributed by atoms with E-state index in [2.05, 4.69) is 10.3 Å². The minimum Gasteiger partial charge on any atom is -0.397 e. The molecule has 1 saturated carbocycles. The Labute approximate surface area is 111 Å². The minimum absolute atomic E-state index is 0.0285. The fourth-order valence-electron chi connectivity index (χ4n) is 2.19. The lowest BCUT2D eigenvalue weighted by atomic mass is 10.2. The van der Waals surface area contributed by atoms with Gasteiger partial charge in [-0.15, -0.1) is 0 Å². The van der Waals surface area contributed by atoms with Crippen molar-refractivity contribution in [1.29, 1.82) is 0 Å². The molecule has 2 fully saturated rings. The van der Waals surface area contributed by atoms with Crippen molar-refractivity contribution in [2.45, 2.75) is 24.9 Å². The smallest absolute Gasteiger partial charge is 0.245 e. The van der Waals surface area contributed by atoms with Crippen LogP contribution in [0.3, 0.4) is 0 Å². The molecule has 1 unspecified atom stereocenters. The molecule has 2 heterocycles. The molecule has 3 rings (SSSR count). The SMILES string of the molecule is Nc1ccc(N2CCOCC2C(=O)NC2CC2)nc1. The third-order valence-corrected chi connectivity index (χ3v) is 3.42. The molecule has 0 bridgehead atoms. The summed E-state index contributed by atoms with van der Waals surface area (Å²) in [5.41, 5.74) is 6.26. The first-order valence-electron chi connectivity index (χ1n) is 6.60. The molecule has 6 nitrogen and oxygen atoms in total. The van der Waals surface area contributed by atoms with Crippen molar-refractivity contribution in [3.05, 3.63) is 18.3 Å². The number of morpholine rings is 1. The molecule has 3 N–H and O–H groups in total. The molecule has 2 aliphatic rings. The second-order valence-corrected chi connectivity index (χ2v) is 5.02. The average molecular weight is 262 g/mol. The average Bonchev–Trinajstić information content (AvgIpc) is 3.23. The van der Waals surface area contributed by atoms with E-state index in [-0.39, 0.29) is 11.9 Å². The van der Waals surface area contributed by atoms with E-state index in [0.29, 0.717) is 31.5 Å². The molecule has 1 aliphatic heterocycles. The number of ether oxygens (including phenoxy) is 1. The Kier molecular flexibility index (Phi) is 3.25. The van der Waals surface area contributed by atoms with Gasteiger partial charge < -0.3 is 20.7 Å². The highest BCUT2D eigenvalue weighted by Gasteiger charge is 2.33. The maximum Gasteiger partial charge on any atom is 0.245 e. The number of anilines is 2. The topological polar surface area (TPSA) is 80.5 Å². The summed E-state index contributed by atoms with van der Waals surface area (Å²) in [5.74, 6) is 0.800. The van der Waals surface area contributed by atoms with Gasteiger partial charge in [0, 0.05) is 12.6 Å². The fourth-order valence-corrected chi connectivity index (χ4v) is 2.19. The first-order valence-corrected chi connectivity index (χ1v) is 6.60. The van der Waals surface area contributed by atoms with Crippen molar-refractivity contribution in [2.24, 2.45) is 0 Å². The lowest BCUT2D eigenvalue weighted by Crippen LogP contribution is -2.54. The predicted molar refractivity (Wildman–Crippen MR) is 71.8 cm³/mol. The van der Waals surface area contributed by atoms with E-state index in [1.807, 2.05) is 11.0 Å². The summed E-state index contributed by atoms with van der Waals surface area (Å²) in [6.45, 7) is 1.68. The maximum atomic E-state index is 12.2. The lowest BCUT2D eigenvalue weighted by molar-refractivity contribution is -0.124. The fraction of sp³-hybridized carbons (Fsp3) is 0.538. The summed E-state index contributed by atoms with van der Waals surface area (Å²) < 4.78 is 5.43. The van der Waals surface area contributed by atoms with Gasteiger partial charge >= 0.3 is 0 Å². The molecular weight excluding hydrogens is 244 g/mol. The molecule has 0 radical (unpaired) electrons. The zero-order chi connectivity index (χ0) is 13.2. The van der Waals surface area contributed by atoms with E-state index in [1.165, 1.54) is 0 Å². The van der Waals surface area contributed by atoms with Crippen molar-refractivity contribution < 1.29 is 9.53 Å². The van der Waals surface area contributed by atoms with Crippen LogP contribution in [-0.2, 0) is 9.53 Å². The molecule has 1 aliphatic carbocycles. The molecule has 102 valence electrons. The van der Waals surface area contributed by atoms with Crippen molar-refractivity contribution in [2.75, 3.05) is 30.4 Å². The van der Waals surface area contributed by atoms with Gasteiger partial charge in [-0.05, 0) is 25.0 Å². The van der Waals surface area contributed by atoms with Crippen molar-refractivity contribution in [3.8, 4) is 0 Å². The van der Waals surface area contributed by atoms with Gasteiger partial charge in [-0.25, -0.2) is 4.98 Å². The maximum absolute atomic E-state index is 12.2. The number of carbonyl (C=O) groups is 1. The normalized spacial score (nSPS) is 23.2. The van der Waals surface area contributed by atoms with Gasteiger partial charge in [0.15, 0.2) is 0 Å². The first-order chi connectivity index (χ1) is 9.24. The Morgan fingerprint density at radius 1 is 1.47 bits per heavy atom. The van der Waals surface area contributed by atoms with Gasteiger partial charge in [0.25, 0.3) is 0 Å². The van der Waals surface area contributed by atoms with E-state index in [9.17, 15) is 4.79 Å². The largest absolute Gasteiger partial charge is 0.397 e. The van der Waals surface area contributed by atoms with Gasteiger partial charge in [-0.3, -0.25) is 4.79 Å². The third-order valence-electron chi connectivity index (χ3n) is 3.42. The molecule has 1 aromatic heterocycles. The number of carbonyl (C=O) groups excluding carboxylic acids is 1. The van der Waals surface area contributed by atoms with E-state index in [0.717, 1.165) is 18.7 Å². The number of rotatable bonds is 3. The summed E-state index contributed by atoms with van der Waals surface area (Å²) >= 11 is 0. The van der Waals surface area contributed by atoms with E-state index in [1.54, 1.807) is 12.3 Å². The number of hydrogen-bond donors (Lipinski definition) is 2. The molecule has 1 saturated heterocycles. The van der Waals surface area contributed by atoms with Crippen LogP contribution >= 0.6 is 0 Å². The predicted octanol–water partition coefficient (Wildman–Crippen LogP) is 0.148. The van der Waals surface area contributed by atoms with Crippen molar-refractivity contribution in [3.63, 3.8) is 0 Å². The minimum atomic E-state index is -0.300. The van der Waals surface area contributed by atoms with Crippen LogP contribution in [0.5, 0.6) is 0 Å². The monoisotopic (exact) mass is 262 g/mol. The highest BCUT2D eigenvalue weighted by molar-refractivity contribution is 5.85. The molecule has 0 spiro atoms. The first kappa shape index (κ1) is 12.2. The van der Waals surface area contributed by atoms with Crippen LogP contribution in [-0.4, -0.2) is 42.7 Å². The third kappa shape index (κ3) is 2.78. The number of nitrogens with one attached hydrogen (secondary N) is 1. The lowest BCUT2D eigenvalue weighted by Gasteiger charge is -2.35. The van der Waals surface area contributed by atoms with Crippen LogP contribution in [0.4, 0.5) is 11.5 Å². The number of pyridine rings is 1. The van der Waals surface area contributed by atoms with Crippen LogP contribution in [0.25, 0.3) is 0 Å². The summed E-state index contributed by atoms with van der Waals surface area (Å²) in [6, 6.07) is 3.70. The van der Waals surface area contributed by atoms with Crippen molar-refractivity contribution in [1.82, 2.24) is 10.3 Å². The van der Waals surface area contributed by atoms with Crippen LogP contribution in [0.15, 0.2) is 18.3 Å². The number of hydrogen-bond acceptors (Lipinski definition) is 5. The zero-order valence-electron chi connectivity index (χ0n) is 10.7. The van der Waals surface area contributed by atoms with E-state index < -0.39 is 0 Å². The Morgan fingerprint density at radius 2 is 2.32 bits per heavy atom. The van der Waals surface area contributed by atoms with Crippen LogP contribution in [0, 0.1) is 0 Å². The molecule has 0 aromatic carbocycles. The number of nitrogens with zero attached hydrogens (tertiary/aromatic N) is 2. The van der Waals surface area contributed by atoms with Gasteiger partial charge in [-0.2, -0.15) is 0 Å². The molecule has 1 aromatic rings. The van der Waals surface area contributed by atoms with Crippen LogP contribution in [0.2, 0.25) is 0 Å².